The molecule has 0 N–H and O–H groups in total. The lowest BCUT2D eigenvalue weighted by atomic mass is 10.4. The van der Waals surface area contributed by atoms with E-state index in [0.717, 1.165) is 0 Å². The fourth-order valence-corrected chi connectivity index (χ4v) is 0.688. The Kier molecular flexibility index (Phi) is 8.25. The Labute approximate surface area is 79.0 Å². The van der Waals surface area contributed by atoms with Crippen LogP contribution in [0.5, 0.6) is 0 Å². The third-order valence-corrected chi connectivity index (χ3v) is 1.21. The predicted molar refractivity (Wildman–Crippen MR) is 51.4 cm³/mol. The van der Waals surface area contributed by atoms with E-state index in [9.17, 15) is 4.79 Å². The molecule has 3 heteroatoms. The summed E-state index contributed by atoms with van der Waals surface area (Å²) >= 11 is 0. The van der Waals surface area contributed by atoms with E-state index < -0.39 is 0 Å². The van der Waals surface area contributed by atoms with Crippen LogP contribution >= 0.6 is 0 Å². The maximum atomic E-state index is 10.8. The average Bonchev–Trinajstić information content (AvgIpc) is 2.11. The second kappa shape index (κ2) is 9.00. The highest BCUT2D eigenvalue weighted by atomic mass is 16.5. The summed E-state index contributed by atoms with van der Waals surface area (Å²) in [5.41, 5.74) is 0. The van der Waals surface area contributed by atoms with E-state index in [0.29, 0.717) is 26.2 Å². The summed E-state index contributed by atoms with van der Waals surface area (Å²) in [4.78, 5) is 10.8. The molecule has 0 heterocycles. The average molecular weight is 184 g/mol. The van der Waals surface area contributed by atoms with E-state index in [-0.39, 0.29) is 5.97 Å². The molecular formula is C10H16O3. The van der Waals surface area contributed by atoms with Crippen LogP contribution in [0.25, 0.3) is 0 Å². The fourth-order valence-electron chi connectivity index (χ4n) is 0.688. The fraction of sp³-hybridized carbons (Fsp3) is 0.500. The first-order valence-electron chi connectivity index (χ1n) is 4.33. The van der Waals surface area contributed by atoms with Crippen LogP contribution in [0.15, 0.2) is 24.8 Å². The summed E-state index contributed by atoms with van der Waals surface area (Å²) in [7, 11) is 0. The van der Waals surface area contributed by atoms with E-state index in [1.165, 1.54) is 6.08 Å². The zero-order valence-electron chi connectivity index (χ0n) is 7.99. The van der Waals surface area contributed by atoms with Crippen LogP contribution in [0.1, 0.15) is 13.3 Å². The lowest BCUT2D eigenvalue weighted by molar-refractivity contribution is -0.137. The molecule has 0 aliphatic rings. The molecule has 0 aliphatic heterocycles. The molecule has 0 aliphatic carbocycles. The van der Waals surface area contributed by atoms with Gasteiger partial charge in [-0.1, -0.05) is 12.2 Å². The Balaban J connectivity index is 3.29. The number of hydrogen-bond acceptors (Lipinski definition) is 3. The Morgan fingerprint density at radius 3 is 2.92 bits per heavy atom. The van der Waals surface area contributed by atoms with Gasteiger partial charge in [0.25, 0.3) is 0 Å². The summed E-state index contributed by atoms with van der Waals surface area (Å²) < 4.78 is 9.79. The van der Waals surface area contributed by atoms with Gasteiger partial charge in [-0.15, -0.1) is 6.58 Å². The SMILES string of the molecule is C=CCOCC/C=C/C(=O)OCC. The Morgan fingerprint density at radius 2 is 2.31 bits per heavy atom. The molecule has 0 spiro atoms. The van der Waals surface area contributed by atoms with Crippen molar-refractivity contribution < 1.29 is 14.3 Å². The standard InChI is InChI=1S/C10H16O3/c1-3-8-12-9-6-5-7-10(11)13-4-2/h3,5,7H,1,4,6,8-9H2,2H3/b7-5+. The predicted octanol–water partition coefficient (Wildman–Crippen LogP) is 1.70. The van der Waals surface area contributed by atoms with E-state index in [1.807, 2.05) is 0 Å². The smallest absolute Gasteiger partial charge is 0.330 e. The Hall–Kier alpha value is -1.09. The molecule has 0 aromatic rings. The van der Waals surface area contributed by atoms with Crippen LogP contribution in [-0.4, -0.2) is 25.8 Å². The molecule has 0 saturated carbocycles. The maximum absolute atomic E-state index is 10.8. The van der Waals surface area contributed by atoms with Crippen LogP contribution in [0, 0.1) is 0 Å². The third kappa shape index (κ3) is 8.82. The minimum Gasteiger partial charge on any atom is -0.463 e. The molecule has 0 fully saturated rings. The topological polar surface area (TPSA) is 35.5 Å². The summed E-state index contributed by atoms with van der Waals surface area (Å²) in [6, 6.07) is 0. The van der Waals surface area contributed by atoms with Gasteiger partial charge in [-0.25, -0.2) is 4.79 Å². The van der Waals surface area contributed by atoms with Gasteiger partial charge in [-0.3, -0.25) is 0 Å². The van der Waals surface area contributed by atoms with Crippen molar-refractivity contribution in [2.24, 2.45) is 0 Å². The van der Waals surface area contributed by atoms with Gasteiger partial charge >= 0.3 is 5.97 Å². The molecule has 0 unspecified atom stereocenters. The molecule has 0 aromatic heterocycles. The van der Waals surface area contributed by atoms with Crippen LogP contribution in [0.4, 0.5) is 0 Å². The van der Waals surface area contributed by atoms with Crippen molar-refractivity contribution in [2.75, 3.05) is 19.8 Å². The molecule has 0 atom stereocenters. The molecule has 3 nitrogen and oxygen atoms in total. The summed E-state index contributed by atoms with van der Waals surface area (Å²) in [5.74, 6) is -0.300. The van der Waals surface area contributed by atoms with E-state index in [4.69, 9.17) is 4.74 Å². The van der Waals surface area contributed by atoms with Gasteiger partial charge in [0.2, 0.25) is 0 Å². The zero-order chi connectivity index (χ0) is 9.94. The maximum Gasteiger partial charge on any atom is 0.330 e. The van der Waals surface area contributed by atoms with E-state index in [1.54, 1.807) is 19.1 Å². The molecule has 0 bridgehead atoms. The first-order valence-corrected chi connectivity index (χ1v) is 4.33. The molecule has 13 heavy (non-hydrogen) atoms. The number of carbonyl (C=O) groups excluding carboxylic acids is 1. The van der Waals surface area contributed by atoms with Crippen molar-refractivity contribution in [3.63, 3.8) is 0 Å². The van der Waals surface area contributed by atoms with Crippen LogP contribution in [0.2, 0.25) is 0 Å². The molecular weight excluding hydrogens is 168 g/mol. The molecule has 0 rings (SSSR count). The largest absolute Gasteiger partial charge is 0.463 e. The highest BCUT2D eigenvalue weighted by Crippen LogP contribution is 1.87. The van der Waals surface area contributed by atoms with Crippen molar-refractivity contribution in [3.05, 3.63) is 24.8 Å². The third-order valence-electron chi connectivity index (χ3n) is 1.21. The van der Waals surface area contributed by atoms with Crippen LogP contribution in [0.3, 0.4) is 0 Å². The van der Waals surface area contributed by atoms with Crippen LogP contribution in [-0.2, 0) is 14.3 Å². The monoisotopic (exact) mass is 184 g/mol. The van der Waals surface area contributed by atoms with Gasteiger partial charge in [0, 0.05) is 6.08 Å². The molecule has 74 valence electrons. The van der Waals surface area contributed by atoms with Gasteiger partial charge in [-0.05, 0) is 13.3 Å². The first kappa shape index (κ1) is 11.9. The summed E-state index contributed by atoms with van der Waals surface area (Å²) in [6.07, 6.45) is 5.56. The lowest BCUT2D eigenvalue weighted by Gasteiger charge is -1.96. The molecule has 0 amide bonds. The van der Waals surface area contributed by atoms with Gasteiger partial charge in [0.05, 0.1) is 19.8 Å². The van der Waals surface area contributed by atoms with Crippen LogP contribution < -0.4 is 0 Å². The van der Waals surface area contributed by atoms with Crippen molar-refractivity contribution in [1.29, 1.82) is 0 Å². The van der Waals surface area contributed by atoms with E-state index >= 15 is 0 Å². The minimum absolute atomic E-state index is 0.300. The quantitative estimate of drug-likeness (QED) is 0.261. The number of ether oxygens (including phenoxy) is 2. The molecule has 0 radical (unpaired) electrons. The van der Waals surface area contributed by atoms with Crippen molar-refractivity contribution in [1.82, 2.24) is 0 Å². The Morgan fingerprint density at radius 1 is 1.54 bits per heavy atom. The van der Waals surface area contributed by atoms with Gasteiger partial charge in [0.15, 0.2) is 0 Å². The highest BCUT2D eigenvalue weighted by Gasteiger charge is 1.91. The minimum atomic E-state index is -0.300. The van der Waals surface area contributed by atoms with Gasteiger partial charge in [0.1, 0.15) is 0 Å². The van der Waals surface area contributed by atoms with E-state index in [2.05, 4.69) is 11.3 Å². The van der Waals surface area contributed by atoms with Gasteiger partial charge in [-0.2, -0.15) is 0 Å². The molecule has 0 aromatic carbocycles. The van der Waals surface area contributed by atoms with Crippen molar-refractivity contribution >= 4 is 5.97 Å². The second-order valence-corrected chi connectivity index (χ2v) is 2.31. The number of hydrogen-bond donors (Lipinski definition) is 0. The lowest BCUT2D eigenvalue weighted by Crippen LogP contribution is -1.99. The van der Waals surface area contributed by atoms with Crippen molar-refractivity contribution in [3.8, 4) is 0 Å². The van der Waals surface area contributed by atoms with Crippen molar-refractivity contribution in [2.45, 2.75) is 13.3 Å². The number of rotatable bonds is 7. The Bertz CT molecular complexity index is 173. The number of esters is 1. The van der Waals surface area contributed by atoms with Gasteiger partial charge < -0.3 is 9.47 Å². The summed E-state index contributed by atoms with van der Waals surface area (Å²) in [6.45, 7) is 6.85. The number of carbonyl (C=O) groups is 1. The first-order chi connectivity index (χ1) is 6.31. The second-order valence-electron chi connectivity index (χ2n) is 2.31. The molecule has 0 saturated heterocycles. The highest BCUT2D eigenvalue weighted by molar-refractivity contribution is 5.81. The summed E-state index contributed by atoms with van der Waals surface area (Å²) in [5, 5.41) is 0. The normalized spacial score (nSPS) is 10.2. The zero-order valence-corrected chi connectivity index (χ0v) is 7.99.